The van der Waals surface area contributed by atoms with Gasteiger partial charge < -0.3 is 0 Å². The van der Waals surface area contributed by atoms with Crippen LogP contribution in [0, 0.1) is 25.5 Å². The van der Waals surface area contributed by atoms with Gasteiger partial charge in [0.05, 0.1) is 0 Å². The Morgan fingerprint density at radius 2 is 1.44 bits per heavy atom. The molecule has 25 heavy (non-hydrogen) atoms. The Bertz CT molecular complexity index is 988. The fourth-order valence-corrected chi connectivity index (χ4v) is 4.09. The third kappa shape index (κ3) is 3.42. The zero-order chi connectivity index (χ0) is 18.4. The number of halogens is 2. The van der Waals surface area contributed by atoms with Crippen LogP contribution in [-0.4, -0.2) is 14.7 Å². The number of hydrogen-bond donors (Lipinski definition) is 0. The molecule has 0 aliphatic heterocycles. The van der Waals surface area contributed by atoms with E-state index in [2.05, 4.69) is 6.07 Å². The minimum absolute atomic E-state index is 0.363. The van der Waals surface area contributed by atoms with Crippen LogP contribution in [-0.2, 0) is 9.84 Å². The summed E-state index contributed by atoms with van der Waals surface area (Å²) in [4.78, 5) is -0.879. The van der Waals surface area contributed by atoms with Crippen molar-refractivity contribution >= 4 is 21.0 Å². The van der Waals surface area contributed by atoms with E-state index in [0.29, 0.717) is 12.0 Å². The van der Waals surface area contributed by atoms with Crippen molar-refractivity contribution in [2.45, 2.75) is 25.2 Å². The summed E-state index contributed by atoms with van der Waals surface area (Å²) >= 11 is 0. The summed E-state index contributed by atoms with van der Waals surface area (Å²) in [6.07, 6.45) is 5.21. The van der Waals surface area contributed by atoms with Gasteiger partial charge in [0.2, 0.25) is 0 Å². The van der Waals surface area contributed by atoms with E-state index < -0.39 is 26.4 Å². The largest absolute Gasteiger partial charge is 0.224 e. The van der Waals surface area contributed by atoms with Crippen molar-refractivity contribution in [1.82, 2.24) is 0 Å². The zero-order valence-corrected chi connectivity index (χ0v) is 15.0. The summed E-state index contributed by atoms with van der Waals surface area (Å²) in [5.41, 5.74) is 5.23. The van der Waals surface area contributed by atoms with E-state index in [4.69, 9.17) is 0 Å². The second-order valence-electron chi connectivity index (χ2n) is 6.42. The number of hydrogen-bond acceptors (Lipinski definition) is 2. The van der Waals surface area contributed by atoms with Crippen LogP contribution < -0.4 is 0 Å². The van der Waals surface area contributed by atoms with Gasteiger partial charge in [-0.15, -0.1) is 0 Å². The molecule has 3 rings (SSSR count). The highest BCUT2D eigenvalue weighted by Crippen LogP contribution is 2.37. The minimum Gasteiger partial charge on any atom is -0.224 e. The molecule has 130 valence electrons. The lowest BCUT2D eigenvalue weighted by Gasteiger charge is -2.12. The summed E-state index contributed by atoms with van der Waals surface area (Å²) in [7, 11) is -3.96. The van der Waals surface area contributed by atoms with Crippen LogP contribution in [0.3, 0.4) is 0 Å². The van der Waals surface area contributed by atoms with E-state index in [-0.39, 0.29) is 0 Å². The molecule has 0 saturated heterocycles. The molecule has 2 nitrogen and oxygen atoms in total. The van der Waals surface area contributed by atoms with Gasteiger partial charge in [-0.3, -0.25) is 0 Å². The van der Waals surface area contributed by atoms with Gasteiger partial charge in [0, 0.05) is 6.26 Å². The number of rotatable bonds is 3. The predicted octanol–water partition coefficient (Wildman–Crippen LogP) is 4.86. The molecule has 0 radical (unpaired) electrons. The smallest absolute Gasteiger partial charge is 0.181 e. The number of sulfone groups is 1. The molecule has 0 spiro atoms. The first-order chi connectivity index (χ1) is 11.7. The van der Waals surface area contributed by atoms with E-state index >= 15 is 0 Å². The molecule has 1 aliphatic rings. The van der Waals surface area contributed by atoms with Gasteiger partial charge in [-0.2, -0.15) is 0 Å². The third-order valence-electron chi connectivity index (χ3n) is 4.18. The fraction of sp³-hybridized carbons (Fsp3) is 0.200. The minimum atomic E-state index is -3.96. The quantitative estimate of drug-likeness (QED) is 0.784. The Morgan fingerprint density at radius 1 is 0.880 bits per heavy atom. The molecular weight excluding hydrogens is 342 g/mol. The van der Waals surface area contributed by atoms with Crippen LogP contribution >= 0.6 is 0 Å². The highest BCUT2D eigenvalue weighted by molar-refractivity contribution is 7.90. The summed E-state index contributed by atoms with van der Waals surface area (Å²) in [5.74, 6) is -2.12. The van der Waals surface area contributed by atoms with E-state index in [1.807, 2.05) is 38.1 Å². The van der Waals surface area contributed by atoms with Crippen molar-refractivity contribution in [3.63, 3.8) is 0 Å². The Kier molecular flexibility index (Phi) is 4.37. The Labute approximate surface area is 146 Å². The molecular formula is C20H18F2O2S. The van der Waals surface area contributed by atoms with Crippen LogP contribution in [0.1, 0.15) is 28.7 Å². The first kappa shape index (κ1) is 17.5. The Balaban J connectivity index is 2.18. The van der Waals surface area contributed by atoms with Crippen LogP contribution in [0.5, 0.6) is 0 Å². The summed E-state index contributed by atoms with van der Waals surface area (Å²) in [6, 6.07) is 8.31. The third-order valence-corrected chi connectivity index (χ3v) is 5.31. The highest BCUT2D eigenvalue weighted by atomic mass is 32.2. The molecule has 0 unspecified atom stereocenters. The van der Waals surface area contributed by atoms with E-state index in [1.165, 1.54) is 0 Å². The predicted molar refractivity (Wildman–Crippen MR) is 96.0 cm³/mol. The van der Waals surface area contributed by atoms with Crippen molar-refractivity contribution in [3.05, 3.63) is 76.4 Å². The molecule has 0 aromatic heterocycles. The standard InChI is InChI=1S/C20H18F2O2S/c1-12-7-13(2)9-14(8-12)16-5-4-6-17(16)15-10-18(21)20(19(22)11-15)25(3,23)24/h4-5,7-11H,6H2,1-3H3. The first-order valence-electron chi connectivity index (χ1n) is 7.84. The summed E-state index contributed by atoms with van der Waals surface area (Å²) in [5, 5.41) is 0. The normalized spacial score (nSPS) is 14.4. The molecule has 2 aromatic rings. The van der Waals surface area contributed by atoms with Gasteiger partial charge >= 0.3 is 0 Å². The number of allylic oxidation sites excluding steroid dienone is 4. The molecule has 1 aliphatic carbocycles. The molecule has 0 fully saturated rings. The molecule has 0 N–H and O–H groups in total. The van der Waals surface area contributed by atoms with Crippen molar-refractivity contribution in [3.8, 4) is 0 Å². The van der Waals surface area contributed by atoms with Gasteiger partial charge in [0.15, 0.2) is 9.84 Å². The van der Waals surface area contributed by atoms with Crippen LogP contribution in [0.25, 0.3) is 11.1 Å². The second-order valence-corrected chi connectivity index (χ2v) is 8.37. The van der Waals surface area contributed by atoms with Gasteiger partial charge in [0.1, 0.15) is 16.5 Å². The maximum Gasteiger partial charge on any atom is 0.181 e. The van der Waals surface area contributed by atoms with E-state index in [9.17, 15) is 17.2 Å². The molecule has 0 atom stereocenters. The lowest BCUT2D eigenvalue weighted by atomic mass is 9.94. The van der Waals surface area contributed by atoms with Crippen molar-refractivity contribution < 1.29 is 17.2 Å². The summed E-state index contributed by atoms with van der Waals surface area (Å²) < 4.78 is 51.6. The molecule has 0 saturated carbocycles. The fourth-order valence-electron chi connectivity index (χ4n) is 3.27. The molecule has 0 bridgehead atoms. The van der Waals surface area contributed by atoms with Gasteiger partial charge in [0.25, 0.3) is 0 Å². The SMILES string of the molecule is Cc1cc(C)cc(C2=C(c3cc(F)c(S(C)(=O)=O)c(F)c3)CC=C2)c1. The maximum atomic E-state index is 14.3. The van der Waals surface area contributed by atoms with Crippen LogP contribution in [0.15, 0.2) is 47.4 Å². The van der Waals surface area contributed by atoms with Gasteiger partial charge in [-0.25, -0.2) is 17.2 Å². The van der Waals surface area contributed by atoms with E-state index in [0.717, 1.165) is 46.2 Å². The van der Waals surface area contributed by atoms with E-state index in [1.54, 1.807) is 0 Å². The van der Waals surface area contributed by atoms with Gasteiger partial charge in [-0.1, -0.05) is 41.5 Å². The lowest BCUT2D eigenvalue weighted by Crippen LogP contribution is -2.05. The van der Waals surface area contributed by atoms with Crippen molar-refractivity contribution in [2.75, 3.05) is 6.26 Å². The number of benzene rings is 2. The molecule has 5 heteroatoms. The lowest BCUT2D eigenvalue weighted by molar-refractivity contribution is 0.520. The van der Waals surface area contributed by atoms with Crippen LogP contribution in [0.2, 0.25) is 0 Å². The molecule has 0 amide bonds. The Morgan fingerprint density at radius 3 is 1.96 bits per heavy atom. The summed E-state index contributed by atoms with van der Waals surface area (Å²) in [6.45, 7) is 3.99. The average Bonchev–Trinajstić information content (AvgIpc) is 2.93. The number of aryl methyl sites for hydroxylation is 2. The molecule has 2 aromatic carbocycles. The molecule has 0 heterocycles. The second kappa shape index (κ2) is 6.23. The maximum absolute atomic E-state index is 14.3. The first-order valence-corrected chi connectivity index (χ1v) is 9.74. The average molecular weight is 360 g/mol. The van der Waals surface area contributed by atoms with Crippen molar-refractivity contribution in [2.24, 2.45) is 0 Å². The Hall–Kier alpha value is -2.27. The van der Waals surface area contributed by atoms with Gasteiger partial charge in [-0.05, 0) is 54.7 Å². The van der Waals surface area contributed by atoms with Crippen molar-refractivity contribution in [1.29, 1.82) is 0 Å². The topological polar surface area (TPSA) is 34.1 Å². The zero-order valence-electron chi connectivity index (χ0n) is 14.2. The highest BCUT2D eigenvalue weighted by Gasteiger charge is 2.23. The monoisotopic (exact) mass is 360 g/mol. The van der Waals surface area contributed by atoms with Crippen LogP contribution in [0.4, 0.5) is 8.78 Å².